The molecule has 0 bridgehead atoms. The molecule has 0 saturated carbocycles. The average Bonchev–Trinajstić information content (AvgIpc) is 2.95. The number of carbonyl (C=O) groups excluding carboxylic acids is 3. The first-order valence-corrected chi connectivity index (χ1v) is 15.3. The molecule has 0 spiro atoms. The first kappa shape index (κ1) is 31.6. The van der Waals surface area contributed by atoms with E-state index < -0.39 is 42.0 Å². The van der Waals surface area contributed by atoms with Gasteiger partial charge in [0, 0.05) is 20.8 Å². The Labute approximate surface area is 251 Å². The molecule has 0 aliphatic carbocycles. The molecule has 0 heterocycles. The third kappa shape index (κ3) is 7.73. The van der Waals surface area contributed by atoms with E-state index in [2.05, 4.69) is 0 Å². The van der Waals surface area contributed by atoms with Crippen LogP contribution >= 0.6 is 8.81 Å². The second-order valence-corrected chi connectivity index (χ2v) is 12.6. The summed E-state index contributed by atoms with van der Waals surface area (Å²) in [4.78, 5) is 34.6. The summed E-state index contributed by atoms with van der Waals surface area (Å²) in [7, 11) is -4.93. The molecule has 4 aromatic rings. The largest absolute Gasteiger partial charge is 0.427 e. The van der Waals surface area contributed by atoms with Crippen LogP contribution in [0.4, 0.5) is 0 Å². The van der Waals surface area contributed by atoms with Gasteiger partial charge in [-0.25, -0.2) is 3.97 Å². The van der Waals surface area contributed by atoms with E-state index in [-0.39, 0.29) is 4.90 Å². The zero-order valence-electron chi connectivity index (χ0n) is 23.8. The highest BCUT2D eigenvalue weighted by molar-refractivity contribution is 7.89. The maximum Gasteiger partial charge on any atom is 0.308 e. The van der Waals surface area contributed by atoms with Gasteiger partial charge in [-0.2, -0.15) is 8.42 Å². The summed E-state index contributed by atoms with van der Waals surface area (Å²) < 4.78 is 48.3. The van der Waals surface area contributed by atoms with Gasteiger partial charge < -0.3 is 14.2 Å². The zero-order valence-corrected chi connectivity index (χ0v) is 25.6. The lowest BCUT2D eigenvalue weighted by Crippen LogP contribution is -2.25. The molecule has 0 fully saturated rings. The molecule has 0 radical (unpaired) electrons. The highest BCUT2D eigenvalue weighted by atomic mass is 32.2. The van der Waals surface area contributed by atoms with Crippen LogP contribution in [-0.4, -0.2) is 26.3 Å². The molecule has 0 saturated heterocycles. The lowest BCUT2D eigenvalue weighted by molar-refractivity contribution is -0.132. The van der Waals surface area contributed by atoms with Crippen LogP contribution in [0.3, 0.4) is 0 Å². The Bertz CT molecular complexity index is 1570. The van der Waals surface area contributed by atoms with E-state index in [4.69, 9.17) is 18.2 Å². The summed E-state index contributed by atoms with van der Waals surface area (Å²) in [6.45, 7) is 5.72. The van der Waals surface area contributed by atoms with Crippen LogP contribution in [0.25, 0.3) is 0 Å². The van der Waals surface area contributed by atoms with Gasteiger partial charge in [0.2, 0.25) is 0 Å². The molecule has 1 unspecified atom stereocenters. The first-order chi connectivity index (χ1) is 20.4. The molecule has 4 rings (SSSR count). The van der Waals surface area contributed by atoms with E-state index in [1.54, 1.807) is 84.9 Å². The summed E-state index contributed by atoms with van der Waals surface area (Å²) in [6, 6.07) is 26.2. The number of esters is 3. The maximum atomic E-state index is 13.4. The Morgan fingerprint density at radius 3 is 1.19 bits per heavy atom. The van der Waals surface area contributed by atoms with Crippen LogP contribution in [0.15, 0.2) is 102 Å². The van der Waals surface area contributed by atoms with Crippen molar-refractivity contribution in [3.8, 4) is 17.2 Å². The van der Waals surface area contributed by atoms with Crippen molar-refractivity contribution in [2.45, 2.75) is 37.7 Å². The van der Waals surface area contributed by atoms with Crippen molar-refractivity contribution < 1.29 is 41.0 Å². The molecule has 0 aromatic heterocycles. The number of aryl methyl sites for hydroxylation is 1. The Hall–Kier alpha value is -4.37. The third-order valence-corrected chi connectivity index (χ3v) is 9.49. The Balaban J connectivity index is 1.91. The molecule has 0 aliphatic rings. The second-order valence-electron chi connectivity index (χ2n) is 9.56. The number of ether oxygens (including phenoxy) is 3. The lowest BCUT2D eigenvalue weighted by Gasteiger charge is -2.35. The highest BCUT2D eigenvalue weighted by Crippen LogP contribution is 2.54. The molecule has 0 amide bonds. The van der Waals surface area contributed by atoms with Gasteiger partial charge in [-0.05, 0) is 72.1 Å². The maximum absolute atomic E-state index is 13.4. The SMILES string of the molecule is CC(=O)Oc1ccc(C(POS(=O)(=O)c2ccc(C)cc2)(c2ccc(OC(C)=O)cc2)c2ccc(OC(C)=O)cc2)cc1. The molecule has 0 N–H and O–H groups in total. The van der Waals surface area contributed by atoms with Crippen molar-refractivity contribution in [1.82, 2.24) is 0 Å². The fraction of sp³-hybridized carbons (Fsp3) is 0.156. The summed E-state index contributed by atoms with van der Waals surface area (Å²) >= 11 is 0. The number of hydrogen-bond donors (Lipinski definition) is 0. The summed E-state index contributed by atoms with van der Waals surface area (Å²) in [5, 5.41) is -1.24. The first-order valence-electron chi connectivity index (χ1n) is 13.0. The summed E-state index contributed by atoms with van der Waals surface area (Å²) in [5.41, 5.74) is 2.73. The molecule has 1 atom stereocenters. The standard InChI is InChI=1S/C32H29O9PS/c1-21-5-19-31(20-6-21)43(36,37)41-42-32(25-7-13-28(14-8-25)38-22(2)33,26-9-15-29(16-10-26)39-23(3)34)27-11-17-30(18-12-27)40-24(4)35/h5-20,42H,1-4H3. The Morgan fingerprint density at radius 1 is 0.558 bits per heavy atom. The Kier molecular flexibility index (Phi) is 9.76. The molecule has 9 nitrogen and oxygen atoms in total. The number of benzene rings is 4. The average molecular weight is 621 g/mol. The number of hydrogen-bond acceptors (Lipinski definition) is 9. The van der Waals surface area contributed by atoms with E-state index in [1.165, 1.54) is 32.9 Å². The van der Waals surface area contributed by atoms with E-state index in [9.17, 15) is 22.8 Å². The van der Waals surface area contributed by atoms with Crippen LogP contribution in [0, 0.1) is 6.92 Å². The van der Waals surface area contributed by atoms with Crippen molar-refractivity contribution in [2.24, 2.45) is 0 Å². The predicted octanol–water partition coefficient (Wildman–Crippen LogP) is 6.06. The van der Waals surface area contributed by atoms with Gasteiger partial charge in [-0.15, -0.1) is 0 Å². The van der Waals surface area contributed by atoms with Crippen LogP contribution in [0.5, 0.6) is 17.2 Å². The van der Waals surface area contributed by atoms with Gasteiger partial charge >= 0.3 is 17.9 Å². The minimum absolute atomic E-state index is 0.000110. The van der Waals surface area contributed by atoms with Crippen molar-refractivity contribution >= 4 is 36.8 Å². The molecule has 4 aromatic carbocycles. The van der Waals surface area contributed by atoms with E-state index >= 15 is 0 Å². The molecule has 43 heavy (non-hydrogen) atoms. The van der Waals surface area contributed by atoms with Gasteiger partial charge in [0.05, 0.1) is 18.9 Å². The molecular formula is C32H29O9PS. The van der Waals surface area contributed by atoms with Crippen molar-refractivity contribution in [3.63, 3.8) is 0 Å². The minimum Gasteiger partial charge on any atom is -0.427 e. The van der Waals surface area contributed by atoms with Crippen LogP contribution in [0.1, 0.15) is 43.0 Å². The van der Waals surface area contributed by atoms with Crippen LogP contribution in [-0.2, 0) is 33.6 Å². The van der Waals surface area contributed by atoms with Gasteiger partial charge in [0.15, 0.2) is 0 Å². The molecule has 0 aliphatic heterocycles. The zero-order chi connectivity index (χ0) is 31.2. The van der Waals surface area contributed by atoms with E-state index in [1.807, 2.05) is 6.92 Å². The quantitative estimate of drug-likeness (QED) is 0.0901. The van der Waals surface area contributed by atoms with E-state index in [0.29, 0.717) is 33.9 Å². The van der Waals surface area contributed by atoms with Gasteiger partial charge in [-0.3, -0.25) is 14.4 Å². The topological polar surface area (TPSA) is 122 Å². The van der Waals surface area contributed by atoms with Gasteiger partial charge in [0.25, 0.3) is 10.1 Å². The molecule has 11 heteroatoms. The van der Waals surface area contributed by atoms with Crippen LogP contribution < -0.4 is 14.2 Å². The second kappa shape index (κ2) is 13.3. The third-order valence-electron chi connectivity index (χ3n) is 6.26. The highest BCUT2D eigenvalue weighted by Gasteiger charge is 2.39. The lowest BCUT2D eigenvalue weighted by atomic mass is 9.84. The van der Waals surface area contributed by atoms with Crippen molar-refractivity contribution in [1.29, 1.82) is 0 Å². The van der Waals surface area contributed by atoms with Crippen molar-refractivity contribution in [3.05, 3.63) is 119 Å². The Morgan fingerprint density at radius 2 is 0.884 bits per heavy atom. The normalized spacial score (nSPS) is 11.7. The van der Waals surface area contributed by atoms with Gasteiger partial charge in [0.1, 0.15) is 17.2 Å². The minimum atomic E-state index is -4.20. The fourth-order valence-corrected chi connectivity index (χ4v) is 7.01. The summed E-state index contributed by atoms with van der Waals surface area (Å²) in [5.74, 6) is -0.562. The van der Waals surface area contributed by atoms with Gasteiger partial charge in [-0.1, -0.05) is 54.1 Å². The van der Waals surface area contributed by atoms with Crippen LogP contribution in [0.2, 0.25) is 0 Å². The number of carbonyl (C=O) groups is 3. The monoisotopic (exact) mass is 620 g/mol. The number of rotatable bonds is 10. The summed E-state index contributed by atoms with van der Waals surface area (Å²) in [6.07, 6.45) is 0. The van der Waals surface area contributed by atoms with E-state index in [0.717, 1.165) is 5.56 Å². The molecule has 222 valence electrons. The molecular weight excluding hydrogens is 591 g/mol. The predicted molar refractivity (Wildman–Crippen MR) is 161 cm³/mol. The fourth-order valence-electron chi connectivity index (χ4n) is 4.36. The smallest absolute Gasteiger partial charge is 0.308 e. The van der Waals surface area contributed by atoms with Crippen molar-refractivity contribution in [2.75, 3.05) is 0 Å².